The van der Waals surface area contributed by atoms with Crippen molar-refractivity contribution in [1.82, 2.24) is 15.5 Å². The molecule has 1 aromatic heterocycles. The first-order chi connectivity index (χ1) is 12.2. The zero-order chi connectivity index (χ0) is 17.3. The topological polar surface area (TPSA) is 68.0 Å². The van der Waals surface area contributed by atoms with Crippen molar-refractivity contribution in [2.75, 3.05) is 0 Å². The zero-order valence-electron chi connectivity index (χ0n) is 14.3. The maximum Gasteiger partial charge on any atom is 0.252 e. The smallest absolute Gasteiger partial charge is 0.252 e. The van der Waals surface area contributed by atoms with Gasteiger partial charge in [0.25, 0.3) is 5.91 Å². The molecule has 4 rings (SSSR count). The molecule has 3 aromatic rings. The number of rotatable bonds is 3. The van der Waals surface area contributed by atoms with Crippen LogP contribution in [0.25, 0.3) is 10.8 Å². The summed E-state index contributed by atoms with van der Waals surface area (Å²) in [5, 5.41) is 9.51. The van der Waals surface area contributed by atoms with Gasteiger partial charge < -0.3 is 9.84 Å². The van der Waals surface area contributed by atoms with Crippen LogP contribution in [-0.2, 0) is 5.54 Å². The molecule has 1 aliphatic rings. The van der Waals surface area contributed by atoms with Crippen molar-refractivity contribution in [3.05, 3.63) is 59.7 Å². The lowest BCUT2D eigenvalue weighted by Gasteiger charge is -2.35. The van der Waals surface area contributed by atoms with E-state index in [1.807, 2.05) is 42.5 Å². The summed E-state index contributed by atoms with van der Waals surface area (Å²) in [5.74, 6) is 1.04. The zero-order valence-corrected chi connectivity index (χ0v) is 14.3. The first kappa shape index (κ1) is 15.8. The van der Waals surface area contributed by atoms with Crippen LogP contribution in [0.15, 0.2) is 47.0 Å². The van der Waals surface area contributed by atoms with Gasteiger partial charge in [0.15, 0.2) is 5.82 Å². The standard InChI is InChI=1S/C20H21N3O2/c1-14-21-19(23-25-14)20(11-5-2-6-12-20)22-18(24)17-10-9-15-7-3-4-8-16(15)13-17/h3-4,7-10,13H,2,5-6,11-12H2,1H3,(H,22,24). The molecule has 25 heavy (non-hydrogen) atoms. The lowest BCUT2D eigenvalue weighted by molar-refractivity contribution is 0.0855. The van der Waals surface area contributed by atoms with Crippen LogP contribution >= 0.6 is 0 Å². The summed E-state index contributed by atoms with van der Waals surface area (Å²) in [6, 6.07) is 13.8. The highest BCUT2D eigenvalue weighted by Gasteiger charge is 2.39. The molecule has 0 atom stereocenters. The van der Waals surface area contributed by atoms with Gasteiger partial charge >= 0.3 is 0 Å². The minimum atomic E-state index is -0.529. The Labute approximate surface area is 146 Å². The monoisotopic (exact) mass is 335 g/mol. The molecule has 1 heterocycles. The molecule has 0 spiro atoms. The number of nitrogens with zero attached hydrogens (tertiary/aromatic N) is 2. The van der Waals surface area contributed by atoms with Crippen LogP contribution in [0.1, 0.15) is 54.2 Å². The number of aromatic nitrogens is 2. The fraction of sp³-hybridized carbons (Fsp3) is 0.350. The van der Waals surface area contributed by atoms with Gasteiger partial charge in [0.05, 0.1) is 0 Å². The van der Waals surface area contributed by atoms with Gasteiger partial charge in [-0.2, -0.15) is 4.98 Å². The van der Waals surface area contributed by atoms with Crippen molar-refractivity contribution in [2.45, 2.75) is 44.6 Å². The molecule has 1 amide bonds. The Kier molecular flexibility index (Phi) is 3.99. The van der Waals surface area contributed by atoms with Crippen LogP contribution in [0.3, 0.4) is 0 Å². The second-order valence-corrected chi connectivity index (χ2v) is 6.80. The number of carbonyl (C=O) groups excluding carboxylic acids is 1. The number of fused-ring (bicyclic) bond motifs is 1. The van der Waals surface area contributed by atoms with Gasteiger partial charge in [-0.05, 0) is 35.7 Å². The number of hydrogen-bond acceptors (Lipinski definition) is 4. The molecule has 0 saturated heterocycles. The van der Waals surface area contributed by atoms with Gasteiger partial charge in [-0.1, -0.05) is 54.8 Å². The van der Waals surface area contributed by atoms with Gasteiger partial charge in [-0.25, -0.2) is 0 Å². The lowest BCUT2D eigenvalue weighted by atomic mass is 9.80. The molecule has 1 fully saturated rings. The van der Waals surface area contributed by atoms with E-state index in [0.717, 1.165) is 36.5 Å². The number of amides is 1. The molecular formula is C20H21N3O2. The van der Waals surface area contributed by atoms with E-state index in [0.29, 0.717) is 17.3 Å². The Morgan fingerprint density at radius 2 is 1.84 bits per heavy atom. The Morgan fingerprint density at radius 1 is 1.08 bits per heavy atom. The molecule has 2 aromatic carbocycles. The predicted octanol–water partition coefficient (Wildman–Crippen LogP) is 4.12. The minimum absolute atomic E-state index is 0.0879. The molecule has 1 aliphatic carbocycles. The Bertz CT molecular complexity index is 910. The van der Waals surface area contributed by atoms with E-state index in [9.17, 15) is 4.79 Å². The normalized spacial score (nSPS) is 16.7. The van der Waals surface area contributed by atoms with Gasteiger partial charge in [-0.15, -0.1) is 0 Å². The fourth-order valence-corrected chi connectivity index (χ4v) is 3.67. The van der Waals surface area contributed by atoms with Crippen LogP contribution < -0.4 is 5.32 Å². The van der Waals surface area contributed by atoms with Crippen molar-refractivity contribution in [2.24, 2.45) is 0 Å². The maximum absolute atomic E-state index is 12.9. The van der Waals surface area contributed by atoms with Crippen LogP contribution in [-0.4, -0.2) is 16.0 Å². The SMILES string of the molecule is Cc1nc(C2(NC(=O)c3ccc4ccccc4c3)CCCCC2)no1. The van der Waals surface area contributed by atoms with Crippen molar-refractivity contribution in [3.8, 4) is 0 Å². The Balaban J connectivity index is 1.65. The average molecular weight is 335 g/mol. The van der Waals surface area contributed by atoms with E-state index < -0.39 is 5.54 Å². The second kappa shape index (κ2) is 6.31. The van der Waals surface area contributed by atoms with E-state index in [-0.39, 0.29) is 5.91 Å². The Hall–Kier alpha value is -2.69. The molecule has 1 N–H and O–H groups in total. The molecule has 0 radical (unpaired) electrons. The lowest BCUT2D eigenvalue weighted by Crippen LogP contribution is -2.48. The number of nitrogens with one attached hydrogen (secondary N) is 1. The quantitative estimate of drug-likeness (QED) is 0.782. The number of carbonyl (C=O) groups is 1. The highest BCUT2D eigenvalue weighted by Crippen LogP contribution is 2.36. The third-order valence-corrected chi connectivity index (χ3v) is 5.03. The van der Waals surface area contributed by atoms with Gasteiger partial charge in [0, 0.05) is 12.5 Å². The summed E-state index contributed by atoms with van der Waals surface area (Å²) in [4.78, 5) is 17.4. The minimum Gasteiger partial charge on any atom is -0.340 e. The van der Waals surface area contributed by atoms with E-state index >= 15 is 0 Å². The first-order valence-corrected chi connectivity index (χ1v) is 8.78. The van der Waals surface area contributed by atoms with Crippen LogP contribution in [0.4, 0.5) is 0 Å². The van der Waals surface area contributed by atoms with Gasteiger partial charge in [-0.3, -0.25) is 4.79 Å². The van der Waals surface area contributed by atoms with E-state index in [2.05, 4.69) is 15.5 Å². The maximum atomic E-state index is 12.9. The molecule has 0 bridgehead atoms. The Morgan fingerprint density at radius 3 is 2.56 bits per heavy atom. The van der Waals surface area contributed by atoms with Crippen molar-refractivity contribution in [3.63, 3.8) is 0 Å². The third kappa shape index (κ3) is 3.02. The molecule has 5 heteroatoms. The van der Waals surface area contributed by atoms with E-state index in [1.165, 1.54) is 6.42 Å². The summed E-state index contributed by atoms with van der Waals surface area (Å²) in [6.07, 6.45) is 4.94. The second-order valence-electron chi connectivity index (χ2n) is 6.80. The summed E-state index contributed by atoms with van der Waals surface area (Å²) in [5.41, 5.74) is 0.127. The highest BCUT2D eigenvalue weighted by atomic mass is 16.5. The molecule has 0 aliphatic heterocycles. The first-order valence-electron chi connectivity index (χ1n) is 8.78. The van der Waals surface area contributed by atoms with E-state index in [4.69, 9.17) is 4.52 Å². The van der Waals surface area contributed by atoms with Gasteiger partial charge in [0.1, 0.15) is 5.54 Å². The van der Waals surface area contributed by atoms with Crippen molar-refractivity contribution >= 4 is 16.7 Å². The van der Waals surface area contributed by atoms with Crippen LogP contribution in [0, 0.1) is 6.92 Å². The summed E-state index contributed by atoms with van der Waals surface area (Å²) in [7, 11) is 0. The number of hydrogen-bond donors (Lipinski definition) is 1. The summed E-state index contributed by atoms with van der Waals surface area (Å²) >= 11 is 0. The third-order valence-electron chi connectivity index (χ3n) is 5.03. The highest BCUT2D eigenvalue weighted by molar-refractivity contribution is 5.99. The van der Waals surface area contributed by atoms with Crippen molar-refractivity contribution in [1.29, 1.82) is 0 Å². The van der Waals surface area contributed by atoms with Crippen LogP contribution in [0.5, 0.6) is 0 Å². The molecule has 0 unspecified atom stereocenters. The average Bonchev–Trinajstić information content (AvgIpc) is 3.09. The van der Waals surface area contributed by atoms with Crippen LogP contribution in [0.2, 0.25) is 0 Å². The fourth-order valence-electron chi connectivity index (χ4n) is 3.67. The largest absolute Gasteiger partial charge is 0.340 e. The van der Waals surface area contributed by atoms with Crippen molar-refractivity contribution < 1.29 is 9.32 Å². The molecule has 1 saturated carbocycles. The summed E-state index contributed by atoms with van der Waals surface area (Å²) < 4.78 is 5.18. The van der Waals surface area contributed by atoms with Gasteiger partial charge in [0.2, 0.25) is 5.89 Å². The molecular weight excluding hydrogens is 314 g/mol. The number of benzene rings is 2. The molecule has 128 valence electrons. The predicted molar refractivity (Wildman–Crippen MR) is 95.2 cm³/mol. The summed E-state index contributed by atoms with van der Waals surface area (Å²) in [6.45, 7) is 1.78. The van der Waals surface area contributed by atoms with E-state index in [1.54, 1.807) is 6.92 Å². The number of aryl methyl sites for hydroxylation is 1. The molecule has 5 nitrogen and oxygen atoms in total.